The van der Waals surface area contributed by atoms with Crippen molar-refractivity contribution in [2.75, 3.05) is 12.0 Å². The molecule has 0 aliphatic rings. The molecule has 0 atom stereocenters. The summed E-state index contributed by atoms with van der Waals surface area (Å²) >= 11 is 3.77. The molecule has 0 heterocycles. The zero-order chi connectivity index (χ0) is 12.1. The van der Waals surface area contributed by atoms with Crippen molar-refractivity contribution in [1.82, 2.24) is 0 Å². The summed E-state index contributed by atoms with van der Waals surface area (Å²) in [6.45, 7) is 2.24. The van der Waals surface area contributed by atoms with Crippen molar-refractivity contribution < 1.29 is 0 Å². The Hall–Kier alpha value is -0.600. The van der Waals surface area contributed by atoms with E-state index < -0.39 is 0 Å². The van der Waals surface area contributed by atoms with Crippen LogP contribution in [0.4, 0.5) is 0 Å². The van der Waals surface area contributed by atoms with Crippen LogP contribution in [0.3, 0.4) is 0 Å². The Bertz CT molecular complexity index is 491. The van der Waals surface area contributed by atoms with E-state index in [0.717, 1.165) is 0 Å². The third kappa shape index (κ3) is 3.43. The smallest absolute Gasteiger partial charge is 0.00783 e. The maximum atomic E-state index is 2.31. The van der Waals surface area contributed by atoms with Gasteiger partial charge in [-0.2, -0.15) is 0 Å². The van der Waals surface area contributed by atoms with E-state index in [1.165, 1.54) is 39.2 Å². The van der Waals surface area contributed by atoms with Crippen LogP contribution in [0.5, 0.6) is 0 Å². The highest BCUT2D eigenvalue weighted by Gasteiger charge is 1.99. The first-order valence-corrected chi connectivity index (χ1v) is 8.25. The largest absolute Gasteiger partial charge is 0.130 e. The molecule has 0 unspecified atom stereocenters. The fraction of sp³-hybridized carbons (Fsp3) is 0.333. The number of benzene rings is 2. The molecule has 0 radical (unpaired) electrons. The number of rotatable bonds is 5. The van der Waals surface area contributed by atoms with E-state index in [-0.39, 0.29) is 0 Å². The van der Waals surface area contributed by atoms with Crippen molar-refractivity contribution >= 4 is 34.3 Å². The SMILES string of the molecule is CCCCSc1ccc2ccc(SC)cc2c1. The van der Waals surface area contributed by atoms with Crippen LogP contribution >= 0.6 is 23.5 Å². The molecule has 2 heteroatoms. The number of hydrogen-bond acceptors (Lipinski definition) is 2. The highest BCUT2D eigenvalue weighted by molar-refractivity contribution is 7.99. The molecule has 0 nitrogen and oxygen atoms in total. The summed E-state index contributed by atoms with van der Waals surface area (Å²) in [5, 5.41) is 2.70. The second kappa shape index (κ2) is 6.36. The van der Waals surface area contributed by atoms with Crippen molar-refractivity contribution in [2.24, 2.45) is 0 Å². The van der Waals surface area contributed by atoms with Crippen LogP contribution in [0.2, 0.25) is 0 Å². The third-order valence-corrected chi connectivity index (χ3v) is 4.59. The number of thioether (sulfide) groups is 2. The number of fused-ring (bicyclic) bond motifs is 1. The summed E-state index contributed by atoms with van der Waals surface area (Å²) in [7, 11) is 0. The summed E-state index contributed by atoms with van der Waals surface area (Å²) in [6.07, 6.45) is 4.70. The molecular weight excluding hydrogens is 244 g/mol. The summed E-state index contributed by atoms with van der Waals surface area (Å²) in [5.74, 6) is 1.23. The summed E-state index contributed by atoms with van der Waals surface area (Å²) in [4.78, 5) is 2.73. The fourth-order valence-electron chi connectivity index (χ4n) is 1.75. The van der Waals surface area contributed by atoms with Crippen molar-refractivity contribution in [3.05, 3.63) is 36.4 Å². The Kier molecular flexibility index (Phi) is 4.81. The van der Waals surface area contributed by atoms with Gasteiger partial charge in [0.25, 0.3) is 0 Å². The molecule has 2 aromatic carbocycles. The average molecular weight is 262 g/mol. The Morgan fingerprint density at radius 2 is 1.65 bits per heavy atom. The fourth-order valence-corrected chi connectivity index (χ4v) is 3.25. The van der Waals surface area contributed by atoms with E-state index in [9.17, 15) is 0 Å². The lowest BCUT2D eigenvalue weighted by atomic mass is 10.1. The first kappa shape index (κ1) is 12.8. The normalized spacial score (nSPS) is 10.9. The lowest BCUT2D eigenvalue weighted by Gasteiger charge is -2.04. The molecule has 0 aromatic heterocycles. The second-order valence-electron chi connectivity index (χ2n) is 4.08. The van der Waals surface area contributed by atoms with Crippen LogP contribution in [0.15, 0.2) is 46.2 Å². The molecule has 0 saturated carbocycles. The van der Waals surface area contributed by atoms with E-state index in [0.29, 0.717) is 0 Å². The minimum Gasteiger partial charge on any atom is -0.130 e. The minimum absolute atomic E-state index is 1.23. The zero-order valence-corrected chi connectivity index (χ0v) is 12.0. The molecule has 0 bridgehead atoms. The molecule has 0 saturated heterocycles. The molecule has 0 amide bonds. The lowest BCUT2D eigenvalue weighted by molar-refractivity contribution is 0.896. The van der Waals surface area contributed by atoms with Crippen LogP contribution in [-0.2, 0) is 0 Å². The predicted octanol–water partition coefficient (Wildman–Crippen LogP) is 5.45. The molecule has 0 aliphatic heterocycles. The number of unbranched alkanes of at least 4 members (excludes halogenated alkanes) is 1. The average Bonchev–Trinajstić information content (AvgIpc) is 2.38. The topological polar surface area (TPSA) is 0 Å². The lowest BCUT2D eigenvalue weighted by Crippen LogP contribution is -1.80. The van der Waals surface area contributed by atoms with E-state index in [1.807, 2.05) is 11.8 Å². The molecule has 90 valence electrons. The van der Waals surface area contributed by atoms with Crippen LogP contribution in [-0.4, -0.2) is 12.0 Å². The molecule has 2 aromatic rings. The Morgan fingerprint density at radius 3 is 2.35 bits per heavy atom. The van der Waals surface area contributed by atoms with Gasteiger partial charge in [0.05, 0.1) is 0 Å². The standard InChI is InChI=1S/C15H18S2/c1-3-4-9-17-15-8-6-12-5-7-14(16-2)10-13(12)11-15/h5-8,10-11H,3-4,9H2,1-2H3. The minimum atomic E-state index is 1.23. The second-order valence-corrected chi connectivity index (χ2v) is 6.12. The Morgan fingerprint density at radius 1 is 0.941 bits per heavy atom. The molecule has 0 N–H and O–H groups in total. The van der Waals surface area contributed by atoms with Gasteiger partial charge in [-0.15, -0.1) is 23.5 Å². The van der Waals surface area contributed by atoms with Gasteiger partial charge < -0.3 is 0 Å². The van der Waals surface area contributed by atoms with Crippen molar-refractivity contribution in [1.29, 1.82) is 0 Å². The molecule has 0 fully saturated rings. The van der Waals surface area contributed by atoms with Gasteiger partial charge in [-0.3, -0.25) is 0 Å². The summed E-state index contributed by atoms with van der Waals surface area (Å²) in [6, 6.07) is 13.5. The van der Waals surface area contributed by atoms with Crippen LogP contribution in [0, 0.1) is 0 Å². The Balaban J connectivity index is 2.22. The van der Waals surface area contributed by atoms with Gasteiger partial charge in [0.1, 0.15) is 0 Å². The van der Waals surface area contributed by atoms with Gasteiger partial charge in [0.15, 0.2) is 0 Å². The van der Waals surface area contributed by atoms with Crippen LogP contribution in [0.25, 0.3) is 10.8 Å². The van der Waals surface area contributed by atoms with Crippen LogP contribution < -0.4 is 0 Å². The predicted molar refractivity (Wildman–Crippen MR) is 81.4 cm³/mol. The van der Waals surface area contributed by atoms with E-state index in [2.05, 4.69) is 49.6 Å². The van der Waals surface area contributed by atoms with E-state index in [4.69, 9.17) is 0 Å². The van der Waals surface area contributed by atoms with Gasteiger partial charge in [0, 0.05) is 9.79 Å². The van der Waals surface area contributed by atoms with E-state index in [1.54, 1.807) is 11.8 Å². The molecule has 0 aliphatic carbocycles. The first-order valence-electron chi connectivity index (χ1n) is 6.04. The van der Waals surface area contributed by atoms with Gasteiger partial charge in [-0.05, 0) is 53.5 Å². The third-order valence-electron chi connectivity index (χ3n) is 2.79. The van der Waals surface area contributed by atoms with Gasteiger partial charge in [0.2, 0.25) is 0 Å². The van der Waals surface area contributed by atoms with Crippen LogP contribution in [0.1, 0.15) is 19.8 Å². The monoisotopic (exact) mass is 262 g/mol. The molecule has 2 rings (SSSR count). The highest BCUT2D eigenvalue weighted by atomic mass is 32.2. The first-order chi connectivity index (χ1) is 8.33. The van der Waals surface area contributed by atoms with Crippen molar-refractivity contribution in [3.63, 3.8) is 0 Å². The van der Waals surface area contributed by atoms with Gasteiger partial charge in [-0.25, -0.2) is 0 Å². The number of hydrogen-bond donors (Lipinski definition) is 0. The molecule has 17 heavy (non-hydrogen) atoms. The highest BCUT2D eigenvalue weighted by Crippen LogP contribution is 2.27. The van der Waals surface area contributed by atoms with Gasteiger partial charge >= 0.3 is 0 Å². The maximum absolute atomic E-state index is 2.31. The maximum Gasteiger partial charge on any atom is 0.00783 e. The Labute approximate surface area is 112 Å². The van der Waals surface area contributed by atoms with Crippen molar-refractivity contribution in [2.45, 2.75) is 29.6 Å². The molecular formula is C15H18S2. The van der Waals surface area contributed by atoms with Crippen molar-refractivity contribution in [3.8, 4) is 0 Å². The zero-order valence-electron chi connectivity index (χ0n) is 10.4. The quantitative estimate of drug-likeness (QED) is 0.519. The molecule has 0 spiro atoms. The van der Waals surface area contributed by atoms with Gasteiger partial charge in [-0.1, -0.05) is 25.5 Å². The van der Waals surface area contributed by atoms with E-state index >= 15 is 0 Å². The summed E-state index contributed by atoms with van der Waals surface area (Å²) in [5.41, 5.74) is 0. The summed E-state index contributed by atoms with van der Waals surface area (Å²) < 4.78 is 0.